The van der Waals surface area contributed by atoms with Crippen molar-refractivity contribution in [3.63, 3.8) is 0 Å². The number of nitrogens with one attached hydrogen (secondary N) is 3. The molecule has 1 unspecified atom stereocenters. The molecule has 0 bridgehead atoms. The van der Waals surface area contributed by atoms with Gasteiger partial charge in [0.2, 0.25) is 11.8 Å². The Morgan fingerprint density at radius 3 is 2.96 bits per heavy atom. The topological polar surface area (TPSA) is 79.5 Å². The van der Waals surface area contributed by atoms with Crippen molar-refractivity contribution in [3.05, 3.63) is 28.2 Å². The highest BCUT2D eigenvalue weighted by Gasteiger charge is 2.16. The average molecular weight is 384 g/mol. The van der Waals surface area contributed by atoms with Gasteiger partial charge in [0, 0.05) is 42.1 Å². The molecule has 1 aromatic rings. The Kier molecular flexibility index (Phi) is 7.01. The monoisotopic (exact) mass is 383 g/mol. The van der Waals surface area contributed by atoms with Crippen LogP contribution in [0.5, 0.6) is 0 Å². The first-order valence-electron chi connectivity index (χ1n) is 7.68. The van der Waals surface area contributed by atoms with Crippen LogP contribution < -0.4 is 16.0 Å². The van der Waals surface area contributed by atoms with Crippen LogP contribution >= 0.6 is 15.9 Å². The van der Waals surface area contributed by atoms with Gasteiger partial charge in [0.1, 0.15) is 0 Å². The predicted molar refractivity (Wildman–Crippen MR) is 92.4 cm³/mol. The molecule has 0 aromatic heterocycles. The minimum absolute atomic E-state index is 0.0573. The number of rotatable bonds is 6. The third-order valence-electron chi connectivity index (χ3n) is 3.58. The summed E-state index contributed by atoms with van der Waals surface area (Å²) in [7, 11) is 0. The highest BCUT2D eigenvalue weighted by Crippen LogP contribution is 2.20. The fourth-order valence-corrected chi connectivity index (χ4v) is 2.66. The summed E-state index contributed by atoms with van der Waals surface area (Å²) >= 11 is 3.38. The highest BCUT2D eigenvalue weighted by atomic mass is 79.9. The Labute approximate surface area is 144 Å². The molecule has 1 saturated heterocycles. The summed E-state index contributed by atoms with van der Waals surface area (Å²) in [5, 5.41) is 8.85. The zero-order valence-electron chi connectivity index (χ0n) is 13.2. The molecule has 0 aliphatic carbocycles. The molecule has 0 saturated carbocycles. The summed E-state index contributed by atoms with van der Waals surface area (Å²) in [5.74, 6) is -0.190. The number of ether oxygens (including phenoxy) is 1. The molecule has 1 atom stereocenters. The molecule has 1 heterocycles. The van der Waals surface area contributed by atoms with Gasteiger partial charge in [-0.15, -0.1) is 0 Å². The van der Waals surface area contributed by atoms with Crippen molar-refractivity contribution in [2.24, 2.45) is 0 Å². The normalized spacial score (nSPS) is 17.6. The van der Waals surface area contributed by atoms with Crippen molar-refractivity contribution in [1.29, 1.82) is 0 Å². The van der Waals surface area contributed by atoms with Crippen LogP contribution in [0.25, 0.3) is 0 Å². The van der Waals surface area contributed by atoms with E-state index in [0.29, 0.717) is 26.2 Å². The van der Waals surface area contributed by atoms with Crippen LogP contribution in [-0.4, -0.2) is 44.2 Å². The summed E-state index contributed by atoms with van der Waals surface area (Å²) in [6.07, 6.45) is 0.610. The second kappa shape index (κ2) is 9.00. The molecular weight excluding hydrogens is 362 g/mol. The van der Waals surface area contributed by atoms with E-state index in [1.54, 1.807) is 0 Å². The van der Waals surface area contributed by atoms with Gasteiger partial charge in [0.05, 0.1) is 13.2 Å². The van der Waals surface area contributed by atoms with Gasteiger partial charge < -0.3 is 20.7 Å². The van der Waals surface area contributed by atoms with E-state index in [1.807, 2.05) is 25.1 Å². The molecule has 1 aliphatic heterocycles. The Hall–Kier alpha value is -1.44. The smallest absolute Gasteiger partial charge is 0.226 e. The Bertz CT molecular complexity index is 560. The van der Waals surface area contributed by atoms with Gasteiger partial charge in [0.15, 0.2) is 0 Å². The number of hydrogen-bond acceptors (Lipinski definition) is 4. The van der Waals surface area contributed by atoms with Crippen LogP contribution in [0, 0.1) is 6.92 Å². The summed E-state index contributed by atoms with van der Waals surface area (Å²) in [6.45, 7) is 4.27. The Morgan fingerprint density at radius 1 is 1.39 bits per heavy atom. The molecule has 1 aliphatic rings. The Balaban J connectivity index is 1.68. The maximum absolute atomic E-state index is 11.9. The van der Waals surface area contributed by atoms with Crippen LogP contribution in [-0.2, 0) is 14.3 Å². The lowest BCUT2D eigenvalue weighted by atomic mass is 10.2. The van der Waals surface area contributed by atoms with E-state index in [9.17, 15) is 9.59 Å². The van der Waals surface area contributed by atoms with E-state index in [4.69, 9.17) is 4.74 Å². The van der Waals surface area contributed by atoms with E-state index >= 15 is 0 Å². The third kappa shape index (κ3) is 6.29. The number of amides is 2. The van der Waals surface area contributed by atoms with Crippen molar-refractivity contribution >= 4 is 33.4 Å². The average Bonchev–Trinajstić information content (AvgIpc) is 2.52. The molecule has 23 heavy (non-hydrogen) atoms. The van der Waals surface area contributed by atoms with Crippen LogP contribution in [0.1, 0.15) is 18.4 Å². The molecule has 2 rings (SSSR count). The van der Waals surface area contributed by atoms with Gasteiger partial charge in [-0.1, -0.05) is 22.0 Å². The van der Waals surface area contributed by atoms with Crippen LogP contribution in [0.3, 0.4) is 0 Å². The van der Waals surface area contributed by atoms with Gasteiger partial charge >= 0.3 is 0 Å². The third-order valence-corrected chi connectivity index (χ3v) is 4.07. The van der Waals surface area contributed by atoms with Gasteiger partial charge in [0.25, 0.3) is 0 Å². The molecule has 1 aromatic carbocycles. The predicted octanol–water partition coefficient (Wildman–Crippen LogP) is 1.58. The molecular formula is C16H22BrN3O3. The minimum atomic E-state index is -0.120. The van der Waals surface area contributed by atoms with Gasteiger partial charge in [-0.25, -0.2) is 0 Å². The largest absolute Gasteiger partial charge is 0.378 e. The first kappa shape index (κ1) is 17.9. The van der Waals surface area contributed by atoms with Crippen molar-refractivity contribution < 1.29 is 14.3 Å². The first-order chi connectivity index (χ1) is 11.0. The fourth-order valence-electron chi connectivity index (χ4n) is 2.30. The molecule has 0 spiro atoms. The van der Waals surface area contributed by atoms with E-state index in [1.165, 1.54) is 0 Å². The number of morpholine rings is 1. The van der Waals surface area contributed by atoms with Crippen LogP contribution in [0.2, 0.25) is 0 Å². The molecule has 6 nitrogen and oxygen atoms in total. The second-order valence-corrected chi connectivity index (χ2v) is 6.45. The van der Waals surface area contributed by atoms with E-state index in [-0.39, 0.29) is 24.3 Å². The van der Waals surface area contributed by atoms with Crippen molar-refractivity contribution in [1.82, 2.24) is 10.6 Å². The molecule has 2 amide bonds. The number of anilines is 1. The number of hydrogen-bond donors (Lipinski definition) is 3. The SMILES string of the molecule is Cc1ccc(Br)cc1NC(=O)CCNC(=O)CC1COCCN1. The lowest BCUT2D eigenvalue weighted by Gasteiger charge is -2.23. The molecule has 1 fully saturated rings. The zero-order chi connectivity index (χ0) is 16.7. The number of carbonyl (C=O) groups excluding carboxylic acids is 2. The van der Waals surface area contributed by atoms with Crippen molar-refractivity contribution in [2.75, 3.05) is 31.6 Å². The van der Waals surface area contributed by atoms with E-state index in [2.05, 4.69) is 31.9 Å². The quantitative estimate of drug-likeness (QED) is 0.696. The summed E-state index contributed by atoms with van der Waals surface area (Å²) in [6, 6.07) is 5.78. The zero-order valence-corrected chi connectivity index (χ0v) is 14.7. The summed E-state index contributed by atoms with van der Waals surface area (Å²) in [4.78, 5) is 23.7. The Morgan fingerprint density at radius 2 is 2.22 bits per heavy atom. The maximum atomic E-state index is 11.9. The standard InChI is InChI=1S/C16H22BrN3O3/c1-11-2-3-12(17)8-14(11)20-15(21)4-5-19-16(22)9-13-10-23-7-6-18-13/h2-3,8,13,18H,4-7,9-10H2,1H3,(H,19,22)(H,20,21). The molecule has 3 N–H and O–H groups in total. The molecule has 0 radical (unpaired) electrons. The fraction of sp³-hybridized carbons (Fsp3) is 0.500. The van der Waals surface area contributed by atoms with Crippen molar-refractivity contribution in [2.45, 2.75) is 25.8 Å². The second-order valence-electron chi connectivity index (χ2n) is 5.54. The lowest BCUT2D eigenvalue weighted by molar-refractivity contribution is -0.122. The lowest BCUT2D eigenvalue weighted by Crippen LogP contribution is -2.44. The minimum Gasteiger partial charge on any atom is -0.378 e. The van der Waals surface area contributed by atoms with Gasteiger partial charge in [-0.05, 0) is 24.6 Å². The van der Waals surface area contributed by atoms with E-state index < -0.39 is 0 Å². The maximum Gasteiger partial charge on any atom is 0.226 e. The first-order valence-corrected chi connectivity index (χ1v) is 8.47. The van der Waals surface area contributed by atoms with Gasteiger partial charge in [-0.2, -0.15) is 0 Å². The number of halogens is 1. The summed E-state index contributed by atoms with van der Waals surface area (Å²) < 4.78 is 6.21. The van der Waals surface area contributed by atoms with E-state index in [0.717, 1.165) is 22.3 Å². The molecule has 126 valence electrons. The number of aryl methyl sites for hydroxylation is 1. The van der Waals surface area contributed by atoms with Crippen LogP contribution in [0.4, 0.5) is 5.69 Å². The van der Waals surface area contributed by atoms with Crippen molar-refractivity contribution in [3.8, 4) is 0 Å². The number of carbonyl (C=O) groups is 2. The van der Waals surface area contributed by atoms with Crippen LogP contribution in [0.15, 0.2) is 22.7 Å². The molecule has 7 heteroatoms. The summed E-state index contributed by atoms with van der Waals surface area (Å²) in [5.41, 5.74) is 1.77. The number of benzene rings is 1. The van der Waals surface area contributed by atoms with Gasteiger partial charge in [-0.3, -0.25) is 9.59 Å². The highest BCUT2D eigenvalue weighted by molar-refractivity contribution is 9.10.